The van der Waals surface area contributed by atoms with Crippen LogP contribution in [0.15, 0.2) is 47.4 Å². The Labute approximate surface area is 179 Å². The molecule has 2 aromatic carbocycles. The van der Waals surface area contributed by atoms with Crippen LogP contribution in [0, 0.1) is 11.6 Å². The molecule has 0 radical (unpaired) electrons. The summed E-state index contributed by atoms with van der Waals surface area (Å²) in [5.74, 6) is -0.982. The Hall–Kier alpha value is -2.38. The molecule has 1 amide bonds. The van der Waals surface area contributed by atoms with Crippen LogP contribution < -0.4 is 15.1 Å². The summed E-state index contributed by atoms with van der Waals surface area (Å²) in [6, 6.07) is 12.1. The van der Waals surface area contributed by atoms with E-state index in [9.17, 15) is 13.6 Å². The van der Waals surface area contributed by atoms with E-state index in [1.807, 2.05) is 24.3 Å². The molecule has 2 aliphatic heterocycles. The lowest BCUT2D eigenvalue weighted by Gasteiger charge is -2.38. The number of nitrogens with one attached hydrogen (secondary N) is 1. The molecule has 7 heteroatoms. The first kappa shape index (κ1) is 20.9. The first-order chi connectivity index (χ1) is 14.4. The summed E-state index contributed by atoms with van der Waals surface area (Å²) in [7, 11) is 0. The van der Waals surface area contributed by atoms with Crippen LogP contribution >= 0.6 is 11.8 Å². The fourth-order valence-corrected chi connectivity index (χ4v) is 5.08. The zero-order valence-corrected chi connectivity index (χ0v) is 17.9. The molecule has 2 aromatic rings. The molecular formula is C23H25F2N3OS. The lowest BCUT2D eigenvalue weighted by Crippen LogP contribution is -2.54. The minimum Gasteiger partial charge on any atom is -0.368 e. The molecule has 0 bridgehead atoms. The second kappa shape index (κ2) is 8.78. The number of hydrogen-bond acceptors (Lipinski definition) is 4. The fraction of sp³-hybridized carbons (Fsp3) is 0.348. The summed E-state index contributed by atoms with van der Waals surface area (Å²) in [6.45, 7) is 6.49. The number of piperazine rings is 1. The highest BCUT2D eigenvalue weighted by molar-refractivity contribution is 8.04. The van der Waals surface area contributed by atoms with E-state index in [2.05, 4.69) is 30.1 Å². The number of halogens is 2. The van der Waals surface area contributed by atoms with Crippen molar-refractivity contribution >= 4 is 35.1 Å². The Kier molecular flexibility index (Phi) is 6.11. The summed E-state index contributed by atoms with van der Waals surface area (Å²) in [6.07, 6.45) is 1.90. The first-order valence-electron chi connectivity index (χ1n) is 10.1. The molecule has 2 unspecified atom stereocenters. The topological polar surface area (TPSA) is 35.6 Å². The van der Waals surface area contributed by atoms with Gasteiger partial charge in [-0.25, -0.2) is 8.78 Å². The number of rotatable bonds is 3. The standard InChI is InChI=1S/C23H25F2N3OS/c1-15-13-27(14-16(2)26-15)20-6-4-3-5-17(20)11-22-23(29)28(9-10-30-22)21-8-7-18(24)12-19(21)25/h3-8,11-12,15-16,26H,9-10,13-14H2,1-2H3/b22-11-. The van der Waals surface area contributed by atoms with Crippen molar-refractivity contribution in [2.45, 2.75) is 25.9 Å². The van der Waals surface area contributed by atoms with Gasteiger partial charge >= 0.3 is 0 Å². The quantitative estimate of drug-likeness (QED) is 0.739. The molecule has 2 heterocycles. The first-order valence-corrected chi connectivity index (χ1v) is 11.1. The van der Waals surface area contributed by atoms with Gasteiger partial charge in [-0.3, -0.25) is 4.79 Å². The summed E-state index contributed by atoms with van der Waals surface area (Å²) in [5.41, 5.74) is 2.17. The van der Waals surface area contributed by atoms with Gasteiger partial charge in [0.05, 0.1) is 10.6 Å². The molecule has 2 atom stereocenters. The number of carbonyl (C=O) groups excluding carboxylic acids is 1. The molecule has 158 valence electrons. The zero-order chi connectivity index (χ0) is 21.3. The predicted octanol–water partition coefficient (Wildman–Crippen LogP) is 4.27. The van der Waals surface area contributed by atoms with E-state index in [0.29, 0.717) is 29.3 Å². The van der Waals surface area contributed by atoms with Crippen molar-refractivity contribution in [3.63, 3.8) is 0 Å². The number of hydrogen-bond donors (Lipinski definition) is 1. The monoisotopic (exact) mass is 429 g/mol. The van der Waals surface area contributed by atoms with Gasteiger partial charge in [-0.2, -0.15) is 0 Å². The highest BCUT2D eigenvalue weighted by Crippen LogP contribution is 2.33. The van der Waals surface area contributed by atoms with Gasteiger partial charge in [0.15, 0.2) is 0 Å². The summed E-state index contributed by atoms with van der Waals surface area (Å²) in [4.78, 5) is 17.4. The smallest absolute Gasteiger partial charge is 0.264 e. The maximum absolute atomic E-state index is 14.3. The van der Waals surface area contributed by atoms with E-state index in [-0.39, 0.29) is 11.6 Å². The Morgan fingerprint density at radius 1 is 1.07 bits per heavy atom. The number of carbonyl (C=O) groups is 1. The Bertz CT molecular complexity index is 971. The van der Waals surface area contributed by atoms with E-state index in [1.54, 1.807) is 0 Å². The highest BCUT2D eigenvalue weighted by Gasteiger charge is 2.28. The lowest BCUT2D eigenvalue weighted by atomic mass is 10.1. The minimum absolute atomic E-state index is 0.116. The molecular weight excluding hydrogens is 404 g/mol. The van der Waals surface area contributed by atoms with Crippen molar-refractivity contribution in [3.8, 4) is 0 Å². The average Bonchev–Trinajstić information content (AvgIpc) is 2.70. The second-order valence-electron chi connectivity index (χ2n) is 7.84. The van der Waals surface area contributed by atoms with Gasteiger partial charge in [0, 0.05) is 49.2 Å². The van der Waals surface area contributed by atoms with Gasteiger partial charge in [0.1, 0.15) is 11.6 Å². The predicted molar refractivity (Wildman–Crippen MR) is 120 cm³/mol. The largest absolute Gasteiger partial charge is 0.368 e. The Morgan fingerprint density at radius 3 is 2.53 bits per heavy atom. The number of amides is 1. The maximum atomic E-state index is 14.3. The minimum atomic E-state index is -0.723. The summed E-state index contributed by atoms with van der Waals surface area (Å²) in [5, 5.41) is 3.54. The van der Waals surface area contributed by atoms with Crippen molar-refractivity contribution in [2.75, 3.05) is 35.2 Å². The van der Waals surface area contributed by atoms with E-state index in [1.165, 1.54) is 28.8 Å². The molecule has 4 nitrogen and oxygen atoms in total. The molecule has 2 aliphatic rings. The van der Waals surface area contributed by atoms with Gasteiger partial charge in [-0.15, -0.1) is 11.8 Å². The van der Waals surface area contributed by atoms with E-state index in [0.717, 1.165) is 30.4 Å². The van der Waals surface area contributed by atoms with Crippen molar-refractivity contribution in [3.05, 3.63) is 64.6 Å². The van der Waals surface area contributed by atoms with E-state index in [4.69, 9.17) is 0 Å². The lowest BCUT2D eigenvalue weighted by molar-refractivity contribution is -0.114. The molecule has 0 aromatic heterocycles. The molecule has 2 saturated heterocycles. The molecule has 1 N–H and O–H groups in total. The fourth-order valence-electron chi connectivity index (χ4n) is 4.14. The average molecular weight is 430 g/mol. The SMILES string of the molecule is CC1CN(c2ccccc2/C=C2\SCCN(c3ccc(F)cc3F)C2=O)CC(C)N1. The highest BCUT2D eigenvalue weighted by atomic mass is 32.2. The Morgan fingerprint density at radius 2 is 1.80 bits per heavy atom. The van der Waals surface area contributed by atoms with Crippen LogP contribution in [0.1, 0.15) is 19.4 Å². The van der Waals surface area contributed by atoms with Crippen LogP contribution in [-0.2, 0) is 4.79 Å². The van der Waals surface area contributed by atoms with Crippen LogP contribution in [0.4, 0.5) is 20.2 Å². The second-order valence-corrected chi connectivity index (χ2v) is 8.98. The van der Waals surface area contributed by atoms with Gasteiger partial charge in [-0.05, 0) is 43.7 Å². The van der Waals surface area contributed by atoms with Crippen molar-refractivity contribution in [1.29, 1.82) is 0 Å². The van der Waals surface area contributed by atoms with Crippen molar-refractivity contribution in [1.82, 2.24) is 5.32 Å². The normalized spacial score (nSPS) is 23.9. The van der Waals surface area contributed by atoms with Gasteiger partial charge in [-0.1, -0.05) is 18.2 Å². The zero-order valence-electron chi connectivity index (χ0n) is 17.1. The van der Waals surface area contributed by atoms with Crippen LogP contribution in [0.25, 0.3) is 6.08 Å². The molecule has 4 rings (SSSR count). The Balaban J connectivity index is 1.64. The number of para-hydroxylation sites is 1. The molecule has 0 saturated carbocycles. The molecule has 0 spiro atoms. The van der Waals surface area contributed by atoms with E-state index >= 15 is 0 Å². The number of benzene rings is 2. The molecule has 0 aliphatic carbocycles. The third-order valence-electron chi connectivity index (χ3n) is 5.35. The molecule has 2 fully saturated rings. The maximum Gasteiger partial charge on any atom is 0.264 e. The third-order valence-corrected chi connectivity index (χ3v) is 6.34. The van der Waals surface area contributed by atoms with Crippen molar-refractivity contribution < 1.29 is 13.6 Å². The molecule has 30 heavy (non-hydrogen) atoms. The summed E-state index contributed by atoms with van der Waals surface area (Å²) >= 11 is 1.47. The van der Waals surface area contributed by atoms with Crippen LogP contribution in [0.2, 0.25) is 0 Å². The summed E-state index contributed by atoms with van der Waals surface area (Å²) < 4.78 is 27.6. The van der Waals surface area contributed by atoms with Crippen molar-refractivity contribution in [2.24, 2.45) is 0 Å². The van der Waals surface area contributed by atoms with Crippen LogP contribution in [-0.4, -0.2) is 43.4 Å². The number of anilines is 2. The van der Waals surface area contributed by atoms with Crippen LogP contribution in [0.3, 0.4) is 0 Å². The number of nitrogens with zero attached hydrogens (tertiary/aromatic N) is 2. The number of thioether (sulfide) groups is 1. The van der Waals surface area contributed by atoms with Crippen LogP contribution in [0.5, 0.6) is 0 Å². The third kappa shape index (κ3) is 4.37. The van der Waals surface area contributed by atoms with Gasteiger partial charge in [0.2, 0.25) is 0 Å². The van der Waals surface area contributed by atoms with Gasteiger partial charge in [0.25, 0.3) is 5.91 Å². The van der Waals surface area contributed by atoms with E-state index < -0.39 is 11.6 Å². The van der Waals surface area contributed by atoms with Gasteiger partial charge < -0.3 is 15.1 Å².